The molecule has 14 heavy (non-hydrogen) atoms. The van der Waals surface area contributed by atoms with Crippen LogP contribution >= 0.6 is 0 Å². The second-order valence-corrected chi connectivity index (χ2v) is 3.16. The second-order valence-electron chi connectivity index (χ2n) is 3.16. The smallest absolute Gasteiger partial charge is 0.0208 e. The molecule has 0 bridgehead atoms. The molecule has 0 unspecified atom stereocenters. The van der Waals surface area contributed by atoms with Crippen LogP contribution < -0.4 is 5.32 Å². The average molecular weight is 187 g/mol. The van der Waals surface area contributed by atoms with E-state index in [4.69, 9.17) is 0 Å². The van der Waals surface area contributed by atoms with Gasteiger partial charge in [0.15, 0.2) is 0 Å². The fourth-order valence-corrected chi connectivity index (χ4v) is 1.24. The van der Waals surface area contributed by atoms with Crippen molar-refractivity contribution in [3.8, 4) is 0 Å². The van der Waals surface area contributed by atoms with Crippen molar-refractivity contribution >= 4 is 0 Å². The topological polar surface area (TPSA) is 12.0 Å². The fourth-order valence-electron chi connectivity index (χ4n) is 1.24. The summed E-state index contributed by atoms with van der Waals surface area (Å²) in [5.74, 6) is 0. The molecule has 1 aromatic carbocycles. The molecular formula is C13H17N. The van der Waals surface area contributed by atoms with E-state index in [1.54, 1.807) is 0 Å². The highest BCUT2D eigenvalue weighted by Gasteiger charge is 1.91. The van der Waals surface area contributed by atoms with E-state index in [1.807, 2.05) is 19.1 Å². The molecule has 1 rings (SSSR count). The standard InChI is InChI=1S/C13H17N/c1-3-12(4-2)10-14-11-13-8-6-5-7-9-13/h3-9,14H,1,10-11H2,2H3/b12-4+. The predicted octanol–water partition coefficient (Wildman–Crippen LogP) is 2.91. The van der Waals surface area contributed by atoms with Crippen LogP contribution in [0.25, 0.3) is 0 Å². The molecule has 0 saturated heterocycles. The van der Waals surface area contributed by atoms with Crippen molar-refractivity contribution in [2.45, 2.75) is 13.5 Å². The highest BCUT2D eigenvalue weighted by Crippen LogP contribution is 1.98. The molecule has 1 heteroatoms. The van der Waals surface area contributed by atoms with Gasteiger partial charge in [-0.2, -0.15) is 0 Å². The van der Waals surface area contributed by atoms with Crippen LogP contribution in [-0.4, -0.2) is 6.54 Å². The van der Waals surface area contributed by atoms with Gasteiger partial charge in [-0.3, -0.25) is 0 Å². The van der Waals surface area contributed by atoms with E-state index in [9.17, 15) is 0 Å². The first-order valence-corrected chi connectivity index (χ1v) is 4.89. The summed E-state index contributed by atoms with van der Waals surface area (Å²) in [7, 11) is 0. The number of hydrogen-bond acceptors (Lipinski definition) is 1. The zero-order chi connectivity index (χ0) is 10.2. The maximum Gasteiger partial charge on any atom is 0.0208 e. The Hall–Kier alpha value is -1.34. The summed E-state index contributed by atoms with van der Waals surface area (Å²) < 4.78 is 0. The zero-order valence-corrected chi connectivity index (χ0v) is 8.66. The third-order valence-corrected chi connectivity index (χ3v) is 2.13. The Morgan fingerprint density at radius 1 is 1.36 bits per heavy atom. The van der Waals surface area contributed by atoms with Gasteiger partial charge in [-0.1, -0.05) is 49.1 Å². The molecule has 1 N–H and O–H groups in total. The SMILES string of the molecule is C=C/C(=C\C)CNCc1ccccc1. The van der Waals surface area contributed by atoms with E-state index in [0.29, 0.717) is 0 Å². The lowest BCUT2D eigenvalue weighted by molar-refractivity contribution is 0.747. The highest BCUT2D eigenvalue weighted by atomic mass is 14.8. The molecule has 0 spiro atoms. The zero-order valence-electron chi connectivity index (χ0n) is 8.66. The minimum atomic E-state index is 0.884. The summed E-state index contributed by atoms with van der Waals surface area (Å²) in [4.78, 5) is 0. The molecule has 0 aromatic heterocycles. The highest BCUT2D eigenvalue weighted by molar-refractivity contribution is 5.18. The maximum absolute atomic E-state index is 3.75. The molecule has 0 atom stereocenters. The summed E-state index contributed by atoms with van der Waals surface area (Å²) >= 11 is 0. The van der Waals surface area contributed by atoms with Crippen molar-refractivity contribution in [1.82, 2.24) is 5.32 Å². The van der Waals surface area contributed by atoms with Gasteiger partial charge in [-0.25, -0.2) is 0 Å². The van der Waals surface area contributed by atoms with Crippen molar-refractivity contribution in [3.63, 3.8) is 0 Å². The van der Waals surface area contributed by atoms with Gasteiger partial charge in [-0.15, -0.1) is 0 Å². The first-order valence-electron chi connectivity index (χ1n) is 4.89. The molecule has 0 aliphatic heterocycles. The van der Waals surface area contributed by atoms with E-state index in [0.717, 1.165) is 13.1 Å². The third kappa shape index (κ3) is 3.58. The molecular weight excluding hydrogens is 170 g/mol. The maximum atomic E-state index is 3.75. The fraction of sp³-hybridized carbons (Fsp3) is 0.231. The summed E-state index contributed by atoms with van der Waals surface area (Å²) in [5, 5.41) is 3.36. The Balaban J connectivity index is 2.32. The quantitative estimate of drug-likeness (QED) is 0.699. The molecule has 74 valence electrons. The van der Waals surface area contributed by atoms with E-state index in [-0.39, 0.29) is 0 Å². The van der Waals surface area contributed by atoms with Crippen LogP contribution in [0.1, 0.15) is 12.5 Å². The molecule has 0 aliphatic carbocycles. The Morgan fingerprint density at radius 3 is 2.64 bits per heavy atom. The van der Waals surface area contributed by atoms with Crippen molar-refractivity contribution in [3.05, 3.63) is 60.2 Å². The van der Waals surface area contributed by atoms with Crippen molar-refractivity contribution in [2.75, 3.05) is 6.54 Å². The van der Waals surface area contributed by atoms with Crippen LogP contribution in [0.3, 0.4) is 0 Å². The van der Waals surface area contributed by atoms with Crippen LogP contribution in [-0.2, 0) is 6.54 Å². The van der Waals surface area contributed by atoms with Gasteiger partial charge in [0.2, 0.25) is 0 Å². The Kier molecular flexibility index (Phi) is 4.73. The second kappa shape index (κ2) is 6.17. The van der Waals surface area contributed by atoms with Gasteiger partial charge in [0.1, 0.15) is 0 Å². The molecule has 0 fully saturated rings. The Bertz CT molecular complexity index is 298. The number of nitrogens with one attached hydrogen (secondary N) is 1. The van der Waals surface area contributed by atoms with Gasteiger partial charge in [0.25, 0.3) is 0 Å². The molecule has 0 radical (unpaired) electrons. The lowest BCUT2D eigenvalue weighted by Gasteiger charge is -2.04. The van der Waals surface area contributed by atoms with Crippen LogP contribution in [0, 0.1) is 0 Å². The lowest BCUT2D eigenvalue weighted by Crippen LogP contribution is -2.15. The van der Waals surface area contributed by atoms with Crippen molar-refractivity contribution < 1.29 is 0 Å². The third-order valence-electron chi connectivity index (χ3n) is 2.13. The van der Waals surface area contributed by atoms with Crippen molar-refractivity contribution in [1.29, 1.82) is 0 Å². The first kappa shape index (κ1) is 10.7. The lowest BCUT2D eigenvalue weighted by atomic mass is 10.2. The molecule has 1 aromatic rings. The van der Waals surface area contributed by atoms with Crippen molar-refractivity contribution in [2.24, 2.45) is 0 Å². The van der Waals surface area contributed by atoms with E-state index in [1.165, 1.54) is 11.1 Å². The number of rotatable bonds is 5. The van der Waals surface area contributed by atoms with Gasteiger partial charge < -0.3 is 5.32 Å². The van der Waals surface area contributed by atoms with Crippen LogP contribution in [0.5, 0.6) is 0 Å². The summed E-state index contributed by atoms with van der Waals surface area (Å²) in [5.41, 5.74) is 2.55. The molecule has 0 aliphatic rings. The van der Waals surface area contributed by atoms with E-state index >= 15 is 0 Å². The number of hydrogen-bond donors (Lipinski definition) is 1. The van der Waals surface area contributed by atoms with Gasteiger partial charge in [0, 0.05) is 13.1 Å². The molecule has 0 saturated carbocycles. The minimum Gasteiger partial charge on any atom is -0.309 e. The summed E-state index contributed by atoms with van der Waals surface area (Å²) in [6.07, 6.45) is 3.96. The van der Waals surface area contributed by atoms with Gasteiger partial charge >= 0.3 is 0 Å². The number of allylic oxidation sites excluding steroid dienone is 1. The largest absolute Gasteiger partial charge is 0.309 e. The molecule has 0 heterocycles. The van der Waals surface area contributed by atoms with Gasteiger partial charge in [-0.05, 0) is 18.1 Å². The van der Waals surface area contributed by atoms with Gasteiger partial charge in [0.05, 0.1) is 0 Å². The van der Waals surface area contributed by atoms with Crippen LogP contribution in [0.4, 0.5) is 0 Å². The average Bonchev–Trinajstić information content (AvgIpc) is 2.26. The van der Waals surface area contributed by atoms with Crippen LogP contribution in [0.15, 0.2) is 54.6 Å². The first-order chi connectivity index (χ1) is 6.86. The number of benzene rings is 1. The summed E-state index contributed by atoms with van der Waals surface area (Å²) in [6, 6.07) is 10.4. The monoisotopic (exact) mass is 187 g/mol. The van der Waals surface area contributed by atoms with E-state index < -0.39 is 0 Å². The predicted molar refractivity (Wildman–Crippen MR) is 62.1 cm³/mol. The Labute approximate surface area is 86.2 Å². The Morgan fingerprint density at radius 2 is 2.07 bits per heavy atom. The van der Waals surface area contributed by atoms with E-state index in [2.05, 4.69) is 42.2 Å². The minimum absolute atomic E-state index is 0.884. The summed E-state index contributed by atoms with van der Waals surface area (Å²) in [6.45, 7) is 7.57. The van der Waals surface area contributed by atoms with Crippen LogP contribution in [0.2, 0.25) is 0 Å². The normalized spacial score (nSPS) is 11.4. The molecule has 1 nitrogen and oxygen atoms in total. The molecule has 0 amide bonds.